The van der Waals surface area contributed by atoms with E-state index in [9.17, 15) is 9.18 Å². The maximum Gasteiger partial charge on any atom is 0.320 e. The highest BCUT2D eigenvalue weighted by Gasteiger charge is 2.37. The summed E-state index contributed by atoms with van der Waals surface area (Å²) in [5.74, 6) is 0.561. The van der Waals surface area contributed by atoms with E-state index in [-0.39, 0.29) is 0 Å². The van der Waals surface area contributed by atoms with Crippen LogP contribution in [0.15, 0.2) is 61.1 Å². The van der Waals surface area contributed by atoms with Crippen molar-refractivity contribution in [2.45, 2.75) is 32.0 Å². The topological polar surface area (TPSA) is 126 Å². The molecule has 2 aliphatic heterocycles. The maximum atomic E-state index is 14.0. The van der Waals surface area contributed by atoms with Crippen molar-refractivity contribution < 1.29 is 18.8 Å². The molecule has 4 aromatic rings. The fraction of sp³-hybridized carbons (Fsp3) is 0.406. The smallest absolute Gasteiger partial charge is 0.320 e. The number of aromatic nitrogens is 5. The number of rotatable bonds is 9. The van der Waals surface area contributed by atoms with Gasteiger partial charge in [-0.15, -0.1) is 0 Å². The molecule has 3 aromatic heterocycles. The molecule has 0 spiro atoms. The van der Waals surface area contributed by atoms with Gasteiger partial charge in [0.25, 0.3) is 0 Å². The number of amides is 2. The van der Waals surface area contributed by atoms with Crippen LogP contribution in [0.3, 0.4) is 0 Å². The van der Waals surface area contributed by atoms with Gasteiger partial charge in [-0.05, 0) is 50.7 Å². The van der Waals surface area contributed by atoms with E-state index in [1.807, 2.05) is 37.3 Å². The second-order valence-corrected chi connectivity index (χ2v) is 11.6. The maximum absolute atomic E-state index is 14.0. The zero-order valence-electron chi connectivity index (χ0n) is 26.4. The fourth-order valence-corrected chi connectivity index (χ4v) is 5.76. The van der Waals surface area contributed by atoms with Crippen molar-refractivity contribution >= 4 is 17.8 Å². The lowest BCUT2D eigenvalue weighted by molar-refractivity contribution is -0.154. The minimum absolute atomic E-state index is 0.378. The number of hydrogen-bond donors (Lipinski definition) is 2. The average molecular weight is 631 g/mol. The number of pyridine rings is 1. The number of para-hydroxylation sites is 1. The van der Waals surface area contributed by atoms with Gasteiger partial charge in [0.2, 0.25) is 11.9 Å². The summed E-state index contributed by atoms with van der Waals surface area (Å²) < 4.78 is 20.9. The van der Waals surface area contributed by atoms with Gasteiger partial charge in [-0.25, -0.2) is 24.4 Å². The minimum Gasteiger partial charge on any atom is -0.383 e. The number of benzene rings is 1. The molecular weight excluding hydrogens is 591 g/mol. The number of methoxy groups -OCH3 is 1. The number of piperazine rings is 1. The number of anilines is 2. The molecule has 13 nitrogen and oxygen atoms in total. The van der Waals surface area contributed by atoms with Gasteiger partial charge in [0.05, 0.1) is 18.3 Å². The lowest BCUT2D eigenvalue weighted by Gasteiger charge is -2.37. The van der Waals surface area contributed by atoms with Crippen LogP contribution in [0.1, 0.15) is 24.2 Å². The molecule has 0 radical (unpaired) electrons. The molecular formula is C32H39FN10O3. The first-order valence-electron chi connectivity index (χ1n) is 15.3. The van der Waals surface area contributed by atoms with Gasteiger partial charge in [-0.2, -0.15) is 14.6 Å². The van der Waals surface area contributed by atoms with Gasteiger partial charge >= 0.3 is 6.03 Å². The molecule has 5 heterocycles. The van der Waals surface area contributed by atoms with Crippen LogP contribution in [0.25, 0.3) is 16.9 Å². The van der Waals surface area contributed by atoms with Crippen LogP contribution in [0.2, 0.25) is 0 Å². The highest BCUT2D eigenvalue weighted by atomic mass is 19.1. The van der Waals surface area contributed by atoms with Gasteiger partial charge in [-0.1, -0.05) is 18.2 Å². The summed E-state index contributed by atoms with van der Waals surface area (Å²) in [5.41, 5.74) is 3.48. The molecule has 2 saturated heterocycles. The third-order valence-corrected chi connectivity index (χ3v) is 8.48. The Balaban J connectivity index is 1.25. The predicted molar refractivity (Wildman–Crippen MR) is 171 cm³/mol. The van der Waals surface area contributed by atoms with Gasteiger partial charge in [0.15, 0.2) is 0 Å². The van der Waals surface area contributed by atoms with Crippen molar-refractivity contribution in [1.29, 1.82) is 0 Å². The normalized spacial score (nSPS) is 20.6. The van der Waals surface area contributed by atoms with E-state index in [2.05, 4.69) is 49.4 Å². The SMILES string of the molecule is COCCN1C[C@@H](NC(=O)Nc2c(C)c(-c3cnc(N4CCN(C)[C@@H](C)C4)nc3)nn2-c2ccccc2)[C@H](c2ccnc(F)c2)O1. The molecule has 0 bridgehead atoms. The first kappa shape index (κ1) is 31.5. The third kappa shape index (κ3) is 6.84. The molecule has 3 atom stereocenters. The zero-order chi connectivity index (χ0) is 32.2. The summed E-state index contributed by atoms with van der Waals surface area (Å²) in [6.07, 6.45) is 4.33. The van der Waals surface area contributed by atoms with Crippen LogP contribution in [0, 0.1) is 12.9 Å². The molecule has 1 aromatic carbocycles. The van der Waals surface area contributed by atoms with Gasteiger partial charge < -0.3 is 19.9 Å². The number of likely N-dealkylation sites (N-methyl/N-ethyl adjacent to an activating group) is 1. The largest absolute Gasteiger partial charge is 0.383 e. The zero-order valence-corrected chi connectivity index (χ0v) is 26.4. The Hall–Kier alpha value is -4.50. The van der Waals surface area contributed by atoms with Crippen molar-refractivity contribution in [1.82, 2.24) is 40.0 Å². The van der Waals surface area contributed by atoms with E-state index in [4.69, 9.17) is 14.7 Å². The number of carbonyl (C=O) groups is 1. The Morgan fingerprint density at radius 3 is 2.61 bits per heavy atom. The molecule has 2 amide bonds. The Bertz CT molecular complexity index is 1640. The van der Waals surface area contributed by atoms with Crippen LogP contribution in [0.4, 0.5) is 21.0 Å². The van der Waals surface area contributed by atoms with E-state index in [1.165, 1.54) is 12.3 Å². The lowest BCUT2D eigenvalue weighted by Crippen LogP contribution is -2.50. The number of ether oxygens (including phenoxy) is 1. The summed E-state index contributed by atoms with van der Waals surface area (Å²) in [6.45, 7) is 8.06. The molecule has 14 heteroatoms. The van der Waals surface area contributed by atoms with E-state index in [1.54, 1.807) is 35.3 Å². The number of hydroxylamine groups is 2. The predicted octanol–water partition coefficient (Wildman–Crippen LogP) is 3.44. The summed E-state index contributed by atoms with van der Waals surface area (Å²) in [5, 5.41) is 12.7. The van der Waals surface area contributed by atoms with Crippen LogP contribution < -0.4 is 15.5 Å². The molecule has 46 heavy (non-hydrogen) atoms. The second-order valence-electron chi connectivity index (χ2n) is 11.6. The van der Waals surface area contributed by atoms with Crippen LogP contribution in [-0.2, 0) is 9.57 Å². The molecule has 0 saturated carbocycles. The Labute approximate surface area is 267 Å². The van der Waals surface area contributed by atoms with Gasteiger partial charge in [0, 0.05) is 75.6 Å². The second kappa shape index (κ2) is 13.9. The van der Waals surface area contributed by atoms with E-state index in [0.29, 0.717) is 48.8 Å². The number of hydrogen-bond acceptors (Lipinski definition) is 10. The molecule has 6 rings (SSSR count). The molecule has 0 unspecified atom stereocenters. The Morgan fingerprint density at radius 2 is 1.89 bits per heavy atom. The van der Waals surface area contributed by atoms with E-state index in [0.717, 1.165) is 36.4 Å². The van der Waals surface area contributed by atoms with Gasteiger partial charge in [0.1, 0.15) is 17.6 Å². The molecule has 0 aliphatic carbocycles. The monoisotopic (exact) mass is 630 g/mol. The standard InChI is InChI=1S/C32H39FN10O3/c1-21-19-41(13-12-40(21)3)31-35-17-24(18-36-31)28-22(2)30(43(39-28)25-8-6-5-7-9-25)38-32(44)37-26-20-42(14-15-45-4)46-29(26)23-10-11-34-27(33)16-23/h5-11,16-18,21,26,29H,12-15,19-20H2,1-4H3,(H2,37,38,44)/t21-,26+,29-/m0/s1. The van der Waals surface area contributed by atoms with Crippen molar-refractivity contribution in [3.05, 3.63) is 78.1 Å². The summed E-state index contributed by atoms with van der Waals surface area (Å²) in [6, 6.07) is 12.0. The quantitative estimate of drug-likeness (QED) is 0.266. The highest BCUT2D eigenvalue weighted by molar-refractivity contribution is 5.91. The fourth-order valence-electron chi connectivity index (χ4n) is 5.76. The number of urea groups is 1. The van der Waals surface area contributed by atoms with Crippen LogP contribution in [-0.4, -0.2) is 106 Å². The van der Waals surface area contributed by atoms with Crippen LogP contribution >= 0.6 is 0 Å². The molecule has 242 valence electrons. The summed E-state index contributed by atoms with van der Waals surface area (Å²) >= 11 is 0. The summed E-state index contributed by atoms with van der Waals surface area (Å²) in [4.78, 5) is 37.2. The first-order chi connectivity index (χ1) is 22.3. The first-order valence-corrected chi connectivity index (χ1v) is 15.3. The lowest BCUT2D eigenvalue weighted by atomic mass is 10.0. The van der Waals surface area contributed by atoms with Crippen molar-refractivity contribution in [3.8, 4) is 16.9 Å². The Morgan fingerprint density at radius 1 is 1.11 bits per heavy atom. The average Bonchev–Trinajstić information content (AvgIpc) is 3.62. The number of nitrogens with zero attached hydrogens (tertiary/aromatic N) is 8. The third-order valence-electron chi connectivity index (χ3n) is 8.48. The molecule has 2 aliphatic rings. The van der Waals surface area contributed by atoms with Crippen molar-refractivity contribution in [3.63, 3.8) is 0 Å². The summed E-state index contributed by atoms with van der Waals surface area (Å²) in [7, 11) is 3.74. The number of nitrogens with one attached hydrogen (secondary N) is 2. The number of halogens is 1. The highest BCUT2D eigenvalue weighted by Crippen LogP contribution is 2.32. The van der Waals surface area contributed by atoms with Gasteiger partial charge in [-0.3, -0.25) is 10.2 Å². The number of carbonyl (C=O) groups excluding carboxylic acids is 1. The minimum atomic E-state index is -0.621. The molecule has 2 N–H and O–H groups in total. The van der Waals surface area contributed by atoms with Crippen molar-refractivity contribution in [2.75, 3.05) is 63.7 Å². The van der Waals surface area contributed by atoms with E-state index >= 15 is 0 Å². The van der Waals surface area contributed by atoms with Crippen molar-refractivity contribution in [2.24, 2.45) is 0 Å². The Kier molecular flexibility index (Phi) is 9.49. The van der Waals surface area contributed by atoms with E-state index < -0.39 is 24.1 Å². The molecule has 2 fully saturated rings. The van der Waals surface area contributed by atoms with Crippen LogP contribution in [0.5, 0.6) is 0 Å².